The number of likely N-dealkylation sites (N-methyl/N-ethyl adjacent to an activating group) is 1. The molecular formula is C22H22N8O2S3. The molecule has 0 aliphatic carbocycles. The summed E-state index contributed by atoms with van der Waals surface area (Å²) in [4.78, 5) is 26.0. The van der Waals surface area contributed by atoms with E-state index < -0.39 is 0 Å². The molecule has 4 heterocycles. The Kier molecular flexibility index (Phi) is 7.00. The van der Waals surface area contributed by atoms with Crippen molar-refractivity contribution in [1.29, 1.82) is 0 Å². The third-order valence-electron chi connectivity index (χ3n) is 5.05. The number of hydrogen-bond acceptors (Lipinski definition) is 11. The zero-order valence-electron chi connectivity index (χ0n) is 19.2. The smallest absolute Gasteiger partial charge is 0.277 e. The highest BCUT2D eigenvalue weighted by molar-refractivity contribution is 7.99. The standard InChI is InChI=1S/C22H22N8O2S3/c1-13-24-21(35-28-13)26-20(31)19-17(8-9-18(25-19)34-22-27-23-12-30(22)3)33-16-6-4-14(5-7-16)32-15-10-29(2)11-15/h4-9,12,15H,10-11H2,1-3H3,(H,24,26,28,31). The van der Waals surface area contributed by atoms with E-state index in [2.05, 4.69) is 41.8 Å². The molecule has 180 valence electrons. The number of pyridine rings is 1. The second-order valence-corrected chi connectivity index (χ2v) is 10.8. The average molecular weight is 527 g/mol. The molecule has 0 bridgehead atoms. The molecule has 1 amide bonds. The summed E-state index contributed by atoms with van der Waals surface area (Å²) >= 11 is 3.93. The zero-order valence-corrected chi connectivity index (χ0v) is 21.7. The maximum Gasteiger partial charge on any atom is 0.277 e. The van der Waals surface area contributed by atoms with Gasteiger partial charge in [-0.15, -0.1) is 10.2 Å². The molecule has 0 spiro atoms. The van der Waals surface area contributed by atoms with E-state index in [1.807, 2.05) is 43.4 Å². The van der Waals surface area contributed by atoms with Crippen LogP contribution in [0.15, 0.2) is 62.7 Å². The van der Waals surface area contributed by atoms with Crippen LogP contribution < -0.4 is 10.1 Å². The monoisotopic (exact) mass is 526 g/mol. The van der Waals surface area contributed by atoms with E-state index in [-0.39, 0.29) is 12.0 Å². The summed E-state index contributed by atoms with van der Waals surface area (Å²) in [7, 11) is 3.93. The summed E-state index contributed by atoms with van der Waals surface area (Å²) in [5.74, 6) is 1.10. The highest BCUT2D eigenvalue weighted by Gasteiger charge is 2.25. The van der Waals surface area contributed by atoms with Crippen molar-refractivity contribution in [2.45, 2.75) is 33.0 Å². The Labute approximate surface area is 214 Å². The van der Waals surface area contributed by atoms with E-state index in [0.717, 1.165) is 40.2 Å². The molecular weight excluding hydrogens is 504 g/mol. The molecule has 4 aromatic rings. The Morgan fingerprint density at radius 2 is 1.91 bits per heavy atom. The van der Waals surface area contributed by atoms with Gasteiger partial charge >= 0.3 is 0 Å². The molecule has 0 saturated carbocycles. The quantitative estimate of drug-likeness (QED) is 0.365. The molecule has 0 radical (unpaired) electrons. The van der Waals surface area contributed by atoms with Crippen molar-refractivity contribution in [3.63, 3.8) is 0 Å². The van der Waals surface area contributed by atoms with Gasteiger partial charge in [0.15, 0.2) is 5.16 Å². The molecule has 1 aliphatic heterocycles. The van der Waals surface area contributed by atoms with E-state index in [4.69, 9.17) is 4.74 Å². The van der Waals surface area contributed by atoms with Crippen molar-refractivity contribution < 1.29 is 9.53 Å². The number of rotatable bonds is 8. The lowest BCUT2D eigenvalue weighted by molar-refractivity contribution is 0.0388. The van der Waals surface area contributed by atoms with Gasteiger partial charge in [-0.1, -0.05) is 11.8 Å². The number of nitrogens with zero attached hydrogens (tertiary/aromatic N) is 7. The molecule has 13 heteroatoms. The van der Waals surface area contributed by atoms with Crippen LogP contribution in [0, 0.1) is 6.92 Å². The normalized spacial score (nSPS) is 14.0. The van der Waals surface area contributed by atoms with Crippen molar-refractivity contribution in [2.75, 3.05) is 25.5 Å². The van der Waals surface area contributed by atoms with Crippen molar-refractivity contribution in [1.82, 2.24) is 34.0 Å². The molecule has 1 aliphatic rings. The fourth-order valence-corrected chi connectivity index (χ4v) is 5.52. The van der Waals surface area contributed by atoms with Gasteiger partial charge in [-0.2, -0.15) is 4.37 Å². The highest BCUT2D eigenvalue weighted by atomic mass is 32.2. The predicted octanol–water partition coefficient (Wildman–Crippen LogP) is 3.62. The minimum Gasteiger partial charge on any atom is -0.488 e. The Balaban J connectivity index is 1.36. The Morgan fingerprint density at radius 3 is 2.57 bits per heavy atom. The molecule has 35 heavy (non-hydrogen) atoms. The van der Waals surface area contributed by atoms with Gasteiger partial charge in [0.25, 0.3) is 5.91 Å². The van der Waals surface area contributed by atoms with Gasteiger partial charge in [0, 0.05) is 41.5 Å². The van der Waals surface area contributed by atoms with Crippen LogP contribution in [-0.4, -0.2) is 66.2 Å². The van der Waals surface area contributed by atoms with Gasteiger partial charge in [-0.25, -0.2) is 9.97 Å². The molecule has 10 nitrogen and oxygen atoms in total. The molecule has 1 fully saturated rings. The maximum atomic E-state index is 13.2. The first kappa shape index (κ1) is 23.7. The number of hydrogen-bond donors (Lipinski definition) is 1. The lowest BCUT2D eigenvalue weighted by Crippen LogP contribution is -2.51. The number of carbonyl (C=O) groups is 1. The van der Waals surface area contributed by atoms with Crippen LogP contribution in [0.2, 0.25) is 0 Å². The second kappa shape index (κ2) is 10.3. The van der Waals surface area contributed by atoms with Crippen molar-refractivity contribution in [3.05, 3.63) is 54.2 Å². The zero-order chi connectivity index (χ0) is 24.4. The first-order chi connectivity index (χ1) is 16.9. The van der Waals surface area contributed by atoms with Gasteiger partial charge < -0.3 is 9.30 Å². The van der Waals surface area contributed by atoms with Crippen LogP contribution in [0.3, 0.4) is 0 Å². The number of aryl methyl sites for hydroxylation is 2. The van der Waals surface area contributed by atoms with Gasteiger partial charge in [-0.05, 0) is 62.1 Å². The predicted molar refractivity (Wildman–Crippen MR) is 134 cm³/mol. The fraction of sp³-hybridized carbons (Fsp3) is 0.273. The minimum atomic E-state index is -0.349. The van der Waals surface area contributed by atoms with Gasteiger partial charge in [-0.3, -0.25) is 15.0 Å². The number of ether oxygens (including phenoxy) is 1. The summed E-state index contributed by atoms with van der Waals surface area (Å²) in [5, 5.41) is 12.5. The Morgan fingerprint density at radius 1 is 1.11 bits per heavy atom. The molecule has 1 aromatic carbocycles. The van der Waals surface area contributed by atoms with Gasteiger partial charge in [0.1, 0.15) is 34.7 Å². The molecule has 1 N–H and O–H groups in total. The molecule has 5 rings (SSSR count). The van der Waals surface area contributed by atoms with Gasteiger partial charge in [0.2, 0.25) is 5.13 Å². The number of benzene rings is 1. The van der Waals surface area contributed by atoms with Crippen molar-refractivity contribution in [3.8, 4) is 5.75 Å². The topological polar surface area (TPSA) is 111 Å². The molecule has 0 unspecified atom stereocenters. The first-order valence-corrected chi connectivity index (χ1v) is 13.1. The SMILES string of the molecule is Cc1nsc(NC(=O)c2nc(Sc3nncn3C)ccc2Sc2ccc(OC3CN(C)C3)cc2)n1. The number of amides is 1. The Hall–Kier alpha value is -3.00. The van der Waals surface area contributed by atoms with Crippen LogP contribution >= 0.6 is 35.1 Å². The largest absolute Gasteiger partial charge is 0.488 e. The summed E-state index contributed by atoms with van der Waals surface area (Å²) in [6.45, 7) is 3.65. The van der Waals surface area contributed by atoms with Crippen LogP contribution in [0.1, 0.15) is 16.3 Å². The summed E-state index contributed by atoms with van der Waals surface area (Å²) in [6.07, 6.45) is 1.86. The lowest BCUT2D eigenvalue weighted by atomic mass is 10.2. The van der Waals surface area contributed by atoms with E-state index in [1.54, 1.807) is 17.8 Å². The van der Waals surface area contributed by atoms with E-state index >= 15 is 0 Å². The van der Waals surface area contributed by atoms with Crippen molar-refractivity contribution in [2.24, 2.45) is 7.05 Å². The number of nitrogens with one attached hydrogen (secondary N) is 1. The number of likely N-dealkylation sites (tertiary alicyclic amines) is 1. The third-order valence-corrected chi connectivity index (χ3v) is 7.81. The lowest BCUT2D eigenvalue weighted by Gasteiger charge is -2.36. The molecule has 0 atom stereocenters. The Bertz CT molecular complexity index is 1330. The summed E-state index contributed by atoms with van der Waals surface area (Å²) in [5.41, 5.74) is 0.299. The van der Waals surface area contributed by atoms with Crippen molar-refractivity contribution >= 4 is 46.1 Å². The molecule has 3 aromatic heterocycles. The van der Waals surface area contributed by atoms with Gasteiger partial charge in [0.05, 0.1) is 0 Å². The number of anilines is 1. The second-order valence-electron chi connectivity index (χ2n) is 7.96. The first-order valence-electron chi connectivity index (χ1n) is 10.7. The van der Waals surface area contributed by atoms with Crippen LogP contribution in [-0.2, 0) is 7.05 Å². The van der Waals surface area contributed by atoms with Crippen LogP contribution in [0.4, 0.5) is 5.13 Å². The highest BCUT2D eigenvalue weighted by Crippen LogP contribution is 2.34. The average Bonchev–Trinajstić information content (AvgIpc) is 3.42. The third kappa shape index (κ3) is 5.81. The number of aromatic nitrogens is 6. The summed E-state index contributed by atoms with van der Waals surface area (Å²) in [6, 6.07) is 11.6. The molecule has 1 saturated heterocycles. The fourth-order valence-electron chi connectivity index (χ4n) is 3.32. The van der Waals surface area contributed by atoms with Crippen LogP contribution in [0.5, 0.6) is 5.75 Å². The summed E-state index contributed by atoms with van der Waals surface area (Å²) < 4.78 is 11.9. The number of carbonyl (C=O) groups excluding carboxylic acids is 1. The van der Waals surface area contributed by atoms with E-state index in [0.29, 0.717) is 26.8 Å². The van der Waals surface area contributed by atoms with Crippen LogP contribution in [0.25, 0.3) is 0 Å². The van der Waals surface area contributed by atoms with E-state index in [9.17, 15) is 4.79 Å². The minimum absolute atomic E-state index is 0.237. The van der Waals surface area contributed by atoms with E-state index in [1.165, 1.54) is 23.5 Å². The maximum absolute atomic E-state index is 13.2.